The minimum Gasteiger partial charge on any atom is -0.244 e. The van der Waals surface area contributed by atoms with Crippen LogP contribution < -0.4 is 0 Å². The first-order chi connectivity index (χ1) is 23.8. The predicted molar refractivity (Wildman–Crippen MR) is 201 cm³/mol. The van der Waals surface area contributed by atoms with Gasteiger partial charge in [0.1, 0.15) is 34.3 Å². The fraction of sp³-hybridized carbons (Fsp3) is 0. The van der Waals surface area contributed by atoms with Crippen molar-refractivity contribution in [3.63, 3.8) is 0 Å². The summed E-state index contributed by atoms with van der Waals surface area (Å²) in [5.74, 6) is 0. The molecule has 1 saturated carbocycles. The van der Waals surface area contributed by atoms with Crippen molar-refractivity contribution in [2.45, 2.75) is 0 Å². The van der Waals surface area contributed by atoms with Crippen LogP contribution in [0, 0.1) is 0 Å². The number of hydrogen-bond acceptors (Lipinski definition) is 6. The Kier molecular flexibility index (Phi) is 9.15. The van der Waals surface area contributed by atoms with E-state index in [2.05, 4.69) is 0 Å². The fourth-order valence-corrected chi connectivity index (χ4v) is 5.10. The molecule has 6 nitrogen and oxygen atoms in total. The Morgan fingerprint density at radius 3 is 0.417 bits per heavy atom. The second kappa shape index (κ2) is 14.6. The average Bonchev–Trinajstić information content (AvgIpc) is 3.15. The summed E-state index contributed by atoms with van der Waals surface area (Å²) in [6.07, 6.45) is 0. The van der Waals surface area contributed by atoms with Crippen LogP contribution in [-0.4, -0.2) is 34.3 Å². The van der Waals surface area contributed by atoms with Crippen molar-refractivity contribution < 1.29 is 0 Å². The van der Waals surface area contributed by atoms with Crippen molar-refractivity contribution in [3.05, 3.63) is 182 Å². The van der Waals surface area contributed by atoms with Gasteiger partial charge in [-0.1, -0.05) is 109 Å². The van der Waals surface area contributed by atoms with Gasteiger partial charge in [0.2, 0.25) is 0 Å². The van der Waals surface area contributed by atoms with Crippen LogP contribution in [-0.2, 0) is 0 Å². The second-order valence-corrected chi connectivity index (χ2v) is 10.8. The van der Waals surface area contributed by atoms with Crippen molar-refractivity contribution in [1.29, 1.82) is 0 Å². The van der Waals surface area contributed by atoms with Gasteiger partial charge in [0.15, 0.2) is 0 Å². The molecule has 1 aliphatic rings. The number of benzene rings is 6. The highest BCUT2D eigenvalue weighted by atomic mass is 15.0. The third-order valence-electron chi connectivity index (χ3n) is 7.33. The molecular formula is C42H30N6. The topological polar surface area (TPSA) is 74.2 Å². The van der Waals surface area contributed by atoms with Crippen molar-refractivity contribution in [3.8, 4) is 0 Å². The molecule has 228 valence electrons. The van der Waals surface area contributed by atoms with E-state index in [4.69, 9.17) is 30.0 Å². The summed E-state index contributed by atoms with van der Waals surface area (Å²) in [5, 5.41) is 0. The zero-order chi connectivity index (χ0) is 32.4. The number of nitrogens with zero attached hydrogens (tertiary/aromatic N) is 6. The van der Waals surface area contributed by atoms with Crippen molar-refractivity contribution in [1.82, 2.24) is 0 Å². The number of para-hydroxylation sites is 6. The van der Waals surface area contributed by atoms with Gasteiger partial charge < -0.3 is 0 Å². The Labute approximate surface area is 279 Å². The molecule has 1 aliphatic carbocycles. The van der Waals surface area contributed by atoms with Crippen molar-refractivity contribution >= 4 is 68.4 Å². The molecule has 0 aliphatic heterocycles. The van der Waals surface area contributed by atoms with Crippen LogP contribution in [0.1, 0.15) is 0 Å². The van der Waals surface area contributed by atoms with Gasteiger partial charge in [0.05, 0.1) is 34.1 Å². The Morgan fingerprint density at radius 2 is 0.292 bits per heavy atom. The van der Waals surface area contributed by atoms with E-state index in [1.54, 1.807) is 0 Å². The lowest BCUT2D eigenvalue weighted by Gasteiger charge is -2.25. The predicted octanol–water partition coefficient (Wildman–Crippen LogP) is 10.6. The molecule has 1 fully saturated rings. The number of aliphatic imine (C=N–C) groups is 6. The highest BCUT2D eigenvalue weighted by Gasteiger charge is 2.38. The molecule has 0 aromatic heterocycles. The third-order valence-corrected chi connectivity index (χ3v) is 7.33. The standard InChI is InChI=1S/C42H30N6/c1-7-19-31(20-8-1)43-37-38(44-32-21-9-2-10-22-32)40(46-34-25-13-4-14-26-34)42(48-36-29-17-6-18-30-36)41(47-35-27-15-5-16-28-35)39(37)45-33-23-11-3-12-24-33/h1-30H. The van der Waals surface area contributed by atoms with E-state index in [0.717, 1.165) is 34.1 Å². The van der Waals surface area contributed by atoms with Gasteiger partial charge in [-0.15, -0.1) is 0 Å². The van der Waals surface area contributed by atoms with Gasteiger partial charge in [-0.2, -0.15) is 0 Å². The van der Waals surface area contributed by atoms with Crippen LogP contribution in [0.15, 0.2) is 212 Å². The summed E-state index contributed by atoms with van der Waals surface area (Å²) in [5.41, 5.74) is 7.67. The molecule has 0 N–H and O–H groups in total. The largest absolute Gasteiger partial charge is 0.244 e. The van der Waals surface area contributed by atoms with Crippen LogP contribution in [0.3, 0.4) is 0 Å². The van der Waals surface area contributed by atoms with E-state index in [-0.39, 0.29) is 0 Å². The molecule has 0 saturated heterocycles. The zero-order valence-corrected chi connectivity index (χ0v) is 26.0. The Balaban J connectivity index is 1.63. The van der Waals surface area contributed by atoms with E-state index in [1.165, 1.54) is 0 Å². The van der Waals surface area contributed by atoms with Gasteiger partial charge in [-0.3, -0.25) is 0 Å². The molecule has 0 bridgehead atoms. The van der Waals surface area contributed by atoms with Gasteiger partial charge in [-0.25, -0.2) is 30.0 Å². The molecule has 0 radical (unpaired) electrons. The highest BCUT2D eigenvalue weighted by Crippen LogP contribution is 2.26. The molecule has 7 rings (SSSR count). The fourth-order valence-electron chi connectivity index (χ4n) is 5.10. The smallest absolute Gasteiger partial charge is 0.120 e. The summed E-state index contributed by atoms with van der Waals surface area (Å²) in [6.45, 7) is 0. The molecule has 0 heterocycles. The summed E-state index contributed by atoms with van der Waals surface area (Å²) in [4.78, 5) is 31.4. The third kappa shape index (κ3) is 7.25. The van der Waals surface area contributed by atoms with E-state index in [0.29, 0.717) is 34.3 Å². The monoisotopic (exact) mass is 618 g/mol. The lowest BCUT2D eigenvalue weighted by atomic mass is 9.87. The summed E-state index contributed by atoms with van der Waals surface area (Å²) < 4.78 is 0. The van der Waals surface area contributed by atoms with Crippen molar-refractivity contribution in [2.75, 3.05) is 0 Å². The molecule has 0 unspecified atom stereocenters. The van der Waals surface area contributed by atoms with Crippen LogP contribution in [0.4, 0.5) is 34.1 Å². The normalized spacial score (nSPS) is 12.8. The van der Waals surface area contributed by atoms with E-state index >= 15 is 0 Å². The minimum absolute atomic E-state index is 0.533. The lowest BCUT2D eigenvalue weighted by Crippen LogP contribution is -2.50. The van der Waals surface area contributed by atoms with Gasteiger partial charge >= 0.3 is 0 Å². The number of hydrogen-bond donors (Lipinski definition) is 0. The Hall–Kier alpha value is -6.66. The summed E-state index contributed by atoms with van der Waals surface area (Å²) in [7, 11) is 0. The molecule has 0 atom stereocenters. The first-order valence-electron chi connectivity index (χ1n) is 15.6. The summed E-state index contributed by atoms with van der Waals surface area (Å²) >= 11 is 0. The van der Waals surface area contributed by atoms with Crippen LogP contribution in [0.25, 0.3) is 0 Å². The van der Waals surface area contributed by atoms with E-state index in [1.807, 2.05) is 182 Å². The zero-order valence-electron chi connectivity index (χ0n) is 26.0. The van der Waals surface area contributed by atoms with Gasteiger partial charge in [0, 0.05) is 0 Å². The van der Waals surface area contributed by atoms with Gasteiger partial charge in [0.25, 0.3) is 0 Å². The lowest BCUT2D eigenvalue weighted by molar-refractivity contribution is 1.47. The average molecular weight is 619 g/mol. The maximum Gasteiger partial charge on any atom is 0.120 e. The molecular weight excluding hydrogens is 589 g/mol. The molecule has 6 aromatic carbocycles. The first-order valence-corrected chi connectivity index (χ1v) is 15.6. The molecule has 0 amide bonds. The van der Waals surface area contributed by atoms with Crippen LogP contribution in [0.2, 0.25) is 0 Å². The molecule has 6 heteroatoms. The SMILES string of the molecule is c1ccc(N=C2C(=Nc3ccccc3)C(=Nc3ccccc3)C(=Nc3ccccc3)C(=Nc3ccccc3)C2=Nc2ccccc2)cc1. The Morgan fingerprint density at radius 1 is 0.167 bits per heavy atom. The maximum absolute atomic E-state index is 5.24. The van der Waals surface area contributed by atoms with E-state index in [9.17, 15) is 0 Å². The second-order valence-electron chi connectivity index (χ2n) is 10.8. The molecule has 0 spiro atoms. The Bertz CT molecular complexity index is 1730. The van der Waals surface area contributed by atoms with Crippen LogP contribution >= 0.6 is 0 Å². The summed E-state index contributed by atoms with van der Waals surface area (Å²) in [6, 6.07) is 58.9. The van der Waals surface area contributed by atoms with E-state index < -0.39 is 0 Å². The highest BCUT2D eigenvalue weighted by molar-refractivity contribution is 7.13. The molecule has 6 aromatic rings. The minimum atomic E-state index is 0.533. The first kappa shape index (κ1) is 30.0. The van der Waals surface area contributed by atoms with Crippen molar-refractivity contribution in [2.24, 2.45) is 30.0 Å². The van der Waals surface area contributed by atoms with Crippen LogP contribution in [0.5, 0.6) is 0 Å². The number of rotatable bonds is 6. The molecule has 48 heavy (non-hydrogen) atoms. The van der Waals surface area contributed by atoms with Gasteiger partial charge in [-0.05, 0) is 72.8 Å². The quantitative estimate of drug-likeness (QED) is 0.178. The maximum atomic E-state index is 5.24.